The van der Waals surface area contributed by atoms with Crippen molar-refractivity contribution in [3.63, 3.8) is 0 Å². The molecule has 1 aromatic heterocycles. The summed E-state index contributed by atoms with van der Waals surface area (Å²) in [5.74, 6) is 1.40. The number of rotatable bonds is 4. The smallest absolute Gasteiger partial charge is 0.231 e. The SMILES string of the molecule is CC1(C)CC(=O)C2C(=NC(SCc3cc4c(cc3Cl)OCO4)=C(C#N)C2c2cccs2)C1. The Morgan fingerprint density at radius 3 is 2.78 bits per heavy atom. The summed E-state index contributed by atoms with van der Waals surface area (Å²) in [5, 5.41) is 13.4. The number of allylic oxidation sites excluding steroid dienone is 1. The molecule has 5 rings (SSSR count). The van der Waals surface area contributed by atoms with Gasteiger partial charge in [-0.15, -0.1) is 23.1 Å². The number of benzene rings is 1. The number of thioether (sulfide) groups is 1. The summed E-state index contributed by atoms with van der Waals surface area (Å²) in [6, 6.07) is 10.0. The number of carbonyl (C=O) groups is 1. The number of ether oxygens (including phenoxy) is 2. The molecule has 2 atom stereocenters. The molecule has 2 aromatic rings. The predicted molar refractivity (Wildman–Crippen MR) is 128 cm³/mol. The maximum Gasteiger partial charge on any atom is 0.231 e. The van der Waals surface area contributed by atoms with Gasteiger partial charge in [0.05, 0.1) is 17.6 Å². The van der Waals surface area contributed by atoms with Gasteiger partial charge in [-0.3, -0.25) is 4.79 Å². The molecule has 32 heavy (non-hydrogen) atoms. The minimum atomic E-state index is -0.352. The van der Waals surface area contributed by atoms with Crippen molar-refractivity contribution < 1.29 is 14.3 Å². The second-order valence-electron chi connectivity index (χ2n) is 8.97. The van der Waals surface area contributed by atoms with Crippen molar-refractivity contribution in [2.24, 2.45) is 16.3 Å². The molecule has 0 radical (unpaired) electrons. The molecule has 1 fully saturated rings. The minimum absolute atomic E-state index is 0.132. The Balaban J connectivity index is 1.52. The summed E-state index contributed by atoms with van der Waals surface area (Å²) in [4.78, 5) is 19.1. The summed E-state index contributed by atoms with van der Waals surface area (Å²) in [5.41, 5.74) is 2.22. The fourth-order valence-corrected chi connectivity index (χ4v) is 6.84. The van der Waals surface area contributed by atoms with Crippen molar-refractivity contribution >= 4 is 46.2 Å². The summed E-state index contributed by atoms with van der Waals surface area (Å²) in [7, 11) is 0. The third-order valence-corrected chi connectivity index (χ3v) is 8.36. The Labute approximate surface area is 200 Å². The van der Waals surface area contributed by atoms with Gasteiger partial charge in [-0.2, -0.15) is 5.26 Å². The first-order valence-electron chi connectivity index (χ1n) is 10.3. The van der Waals surface area contributed by atoms with E-state index in [1.807, 2.05) is 23.6 Å². The summed E-state index contributed by atoms with van der Waals surface area (Å²) in [6.45, 7) is 4.40. The zero-order chi connectivity index (χ0) is 22.5. The molecule has 1 saturated carbocycles. The number of nitriles is 1. The lowest BCUT2D eigenvalue weighted by molar-refractivity contribution is -0.124. The van der Waals surface area contributed by atoms with Crippen LogP contribution in [0.2, 0.25) is 5.02 Å². The fourth-order valence-electron chi connectivity index (χ4n) is 4.63. The van der Waals surface area contributed by atoms with Crippen LogP contribution < -0.4 is 9.47 Å². The third-order valence-electron chi connectivity index (χ3n) is 6.01. The molecule has 164 valence electrons. The van der Waals surface area contributed by atoms with Gasteiger partial charge in [0.25, 0.3) is 0 Å². The molecule has 3 aliphatic rings. The Morgan fingerprint density at radius 2 is 2.06 bits per heavy atom. The topological polar surface area (TPSA) is 71.7 Å². The van der Waals surface area contributed by atoms with E-state index in [0.29, 0.717) is 39.3 Å². The lowest BCUT2D eigenvalue weighted by atomic mass is 9.65. The quantitative estimate of drug-likeness (QED) is 0.506. The van der Waals surface area contributed by atoms with Crippen LogP contribution in [0.4, 0.5) is 0 Å². The molecule has 3 heterocycles. The maximum absolute atomic E-state index is 13.2. The fraction of sp³-hybridized carbons (Fsp3) is 0.375. The van der Waals surface area contributed by atoms with Gasteiger partial charge in [-0.25, -0.2) is 4.99 Å². The number of hydrogen-bond donors (Lipinski definition) is 0. The van der Waals surface area contributed by atoms with Crippen LogP contribution in [0.1, 0.15) is 43.0 Å². The number of thiophene rings is 1. The number of ketones is 1. The van der Waals surface area contributed by atoms with E-state index in [-0.39, 0.29) is 29.8 Å². The van der Waals surface area contributed by atoms with Crippen molar-refractivity contribution in [1.82, 2.24) is 0 Å². The molecule has 1 aliphatic carbocycles. The van der Waals surface area contributed by atoms with Gasteiger partial charge in [0.15, 0.2) is 11.5 Å². The maximum atomic E-state index is 13.2. The monoisotopic (exact) mass is 484 g/mol. The summed E-state index contributed by atoms with van der Waals surface area (Å²) < 4.78 is 10.9. The number of Topliss-reactive ketones (excluding diaryl/α,β-unsaturated/α-hetero) is 1. The van der Waals surface area contributed by atoms with E-state index >= 15 is 0 Å². The van der Waals surface area contributed by atoms with Crippen molar-refractivity contribution in [2.45, 2.75) is 38.4 Å². The van der Waals surface area contributed by atoms with Crippen molar-refractivity contribution in [3.8, 4) is 17.6 Å². The van der Waals surface area contributed by atoms with Crippen LogP contribution in [0.25, 0.3) is 0 Å². The lowest BCUT2D eigenvalue weighted by Crippen LogP contribution is -2.42. The van der Waals surface area contributed by atoms with E-state index in [0.717, 1.165) is 22.6 Å². The highest BCUT2D eigenvalue weighted by molar-refractivity contribution is 8.02. The minimum Gasteiger partial charge on any atom is -0.454 e. The van der Waals surface area contributed by atoms with Crippen LogP contribution in [0.15, 0.2) is 45.2 Å². The number of carbonyl (C=O) groups excluding carboxylic acids is 1. The van der Waals surface area contributed by atoms with E-state index in [4.69, 9.17) is 26.1 Å². The summed E-state index contributed by atoms with van der Waals surface area (Å²) in [6.07, 6.45) is 1.26. The predicted octanol–water partition coefficient (Wildman–Crippen LogP) is 6.34. The first-order valence-corrected chi connectivity index (χ1v) is 12.6. The standard InChI is InChI=1S/C24H21ClN2O3S2/c1-24(2)8-16-22(17(28)9-24)21(20-4-3-5-31-20)14(10-26)23(27-16)32-11-13-6-18-19(7-15(13)25)30-12-29-18/h3-7,21-22H,8-9,11-12H2,1-2H3. The molecule has 2 unspecified atom stereocenters. The van der Waals surface area contributed by atoms with Gasteiger partial charge in [0, 0.05) is 39.8 Å². The Kier molecular flexibility index (Phi) is 5.56. The molecule has 0 N–H and O–H groups in total. The number of hydrogen-bond acceptors (Lipinski definition) is 7. The van der Waals surface area contributed by atoms with Gasteiger partial charge >= 0.3 is 0 Å². The van der Waals surface area contributed by atoms with Gasteiger partial charge in [-0.1, -0.05) is 31.5 Å². The number of fused-ring (bicyclic) bond motifs is 2. The Morgan fingerprint density at radius 1 is 1.28 bits per heavy atom. The van der Waals surface area contributed by atoms with Crippen molar-refractivity contribution in [1.29, 1.82) is 5.26 Å². The van der Waals surface area contributed by atoms with Gasteiger partial charge in [-0.05, 0) is 34.9 Å². The van der Waals surface area contributed by atoms with Gasteiger partial charge < -0.3 is 9.47 Å². The zero-order valence-corrected chi connectivity index (χ0v) is 20.1. The van der Waals surface area contributed by atoms with Crippen molar-refractivity contribution in [2.75, 3.05) is 6.79 Å². The highest BCUT2D eigenvalue weighted by Crippen LogP contribution is 2.50. The second kappa shape index (κ2) is 8.26. The van der Waals surface area contributed by atoms with Crippen LogP contribution in [-0.4, -0.2) is 18.3 Å². The third kappa shape index (κ3) is 3.85. The second-order valence-corrected chi connectivity index (χ2v) is 11.3. The average molecular weight is 485 g/mol. The molecule has 2 aliphatic heterocycles. The van der Waals surface area contributed by atoms with Crippen molar-refractivity contribution in [3.05, 3.63) is 55.7 Å². The number of halogens is 1. The highest BCUT2D eigenvalue weighted by Gasteiger charge is 2.47. The summed E-state index contributed by atoms with van der Waals surface area (Å²) >= 11 is 9.53. The van der Waals surface area contributed by atoms with E-state index in [1.165, 1.54) is 11.8 Å². The first kappa shape index (κ1) is 21.6. The lowest BCUT2D eigenvalue weighted by Gasteiger charge is -2.40. The van der Waals surface area contributed by atoms with Crippen LogP contribution in [-0.2, 0) is 10.5 Å². The first-order chi connectivity index (χ1) is 15.4. The average Bonchev–Trinajstić information content (AvgIpc) is 3.41. The van der Waals surface area contributed by atoms with E-state index in [9.17, 15) is 10.1 Å². The highest BCUT2D eigenvalue weighted by atomic mass is 35.5. The largest absolute Gasteiger partial charge is 0.454 e. The molecule has 1 aromatic carbocycles. The van der Waals surface area contributed by atoms with Crippen LogP contribution in [0.5, 0.6) is 11.5 Å². The van der Waals surface area contributed by atoms with Gasteiger partial charge in [0.1, 0.15) is 10.8 Å². The molecule has 5 nitrogen and oxygen atoms in total. The van der Waals surface area contributed by atoms with E-state index < -0.39 is 0 Å². The van der Waals surface area contributed by atoms with Crippen LogP contribution >= 0.6 is 34.7 Å². The molecule has 0 bridgehead atoms. The van der Waals surface area contributed by atoms with E-state index in [1.54, 1.807) is 17.4 Å². The molecule has 0 spiro atoms. The molecule has 8 heteroatoms. The molecule has 0 amide bonds. The molecular formula is C24H21ClN2O3S2. The van der Waals surface area contributed by atoms with Gasteiger partial charge in [0.2, 0.25) is 6.79 Å². The normalized spacial score (nSPS) is 23.6. The van der Waals surface area contributed by atoms with Crippen LogP contribution in [0.3, 0.4) is 0 Å². The number of nitrogens with zero attached hydrogens (tertiary/aromatic N) is 2. The van der Waals surface area contributed by atoms with Crippen LogP contribution in [0, 0.1) is 22.7 Å². The van der Waals surface area contributed by atoms with E-state index in [2.05, 4.69) is 19.9 Å². The Hall–Kier alpha value is -2.27. The number of aliphatic imine (C=N–C) groups is 1. The molecular weight excluding hydrogens is 464 g/mol. The Bertz CT molecular complexity index is 1190. The zero-order valence-electron chi connectivity index (χ0n) is 17.7. The molecule has 0 saturated heterocycles.